The van der Waals surface area contributed by atoms with E-state index in [2.05, 4.69) is 5.32 Å². The highest BCUT2D eigenvalue weighted by Gasteiger charge is 2.14. The van der Waals surface area contributed by atoms with Gasteiger partial charge in [-0.15, -0.1) is 0 Å². The van der Waals surface area contributed by atoms with Gasteiger partial charge in [0.05, 0.1) is 25.6 Å². The highest BCUT2D eigenvalue weighted by molar-refractivity contribution is 5.79. The summed E-state index contributed by atoms with van der Waals surface area (Å²) in [6.45, 7) is 0.0856. The van der Waals surface area contributed by atoms with Crippen molar-refractivity contribution in [1.29, 1.82) is 0 Å². The van der Waals surface area contributed by atoms with Gasteiger partial charge in [0.2, 0.25) is 5.91 Å². The Labute approximate surface area is 139 Å². The van der Waals surface area contributed by atoms with Gasteiger partial charge in [0.15, 0.2) is 0 Å². The molecule has 0 heterocycles. The van der Waals surface area contributed by atoms with Crippen LogP contribution in [0.5, 0.6) is 11.5 Å². The molecule has 0 saturated heterocycles. The number of ether oxygens (including phenoxy) is 2. The minimum absolute atomic E-state index is 0.0169. The van der Waals surface area contributed by atoms with Gasteiger partial charge in [-0.3, -0.25) is 14.9 Å². The number of nitrogens with one attached hydrogen (secondary N) is 1. The fraction of sp³-hybridized carbons (Fsp3) is 0.235. The number of nitro benzene ring substituents is 1. The van der Waals surface area contributed by atoms with Gasteiger partial charge >= 0.3 is 0 Å². The molecular weight excluding hydrogens is 312 g/mol. The highest BCUT2D eigenvalue weighted by atomic mass is 16.6. The first-order valence-electron chi connectivity index (χ1n) is 7.25. The molecule has 2 aromatic rings. The van der Waals surface area contributed by atoms with Gasteiger partial charge in [-0.1, -0.05) is 18.2 Å². The number of hydrogen-bond acceptors (Lipinski definition) is 5. The summed E-state index contributed by atoms with van der Waals surface area (Å²) in [7, 11) is 3.07. The predicted molar refractivity (Wildman–Crippen MR) is 88.2 cm³/mol. The van der Waals surface area contributed by atoms with Crippen molar-refractivity contribution in [2.75, 3.05) is 14.2 Å². The minimum atomic E-state index is -0.466. The molecule has 2 rings (SSSR count). The molecule has 7 heteroatoms. The fourth-order valence-corrected chi connectivity index (χ4v) is 2.29. The second kappa shape index (κ2) is 7.96. The number of hydrogen-bond donors (Lipinski definition) is 1. The summed E-state index contributed by atoms with van der Waals surface area (Å²) < 4.78 is 10.4. The van der Waals surface area contributed by atoms with Crippen LogP contribution in [0.3, 0.4) is 0 Å². The maximum Gasteiger partial charge on any atom is 0.274 e. The zero-order chi connectivity index (χ0) is 17.5. The highest BCUT2D eigenvalue weighted by Crippen LogP contribution is 2.24. The molecule has 0 radical (unpaired) electrons. The van der Waals surface area contributed by atoms with E-state index in [-0.39, 0.29) is 24.6 Å². The average molecular weight is 330 g/mol. The lowest BCUT2D eigenvalue weighted by atomic mass is 10.1. The SMILES string of the molecule is COc1ccc(OC)c(CC(=O)NCc2ccccc2[N+](=O)[O-])c1. The van der Waals surface area contributed by atoms with Crippen molar-refractivity contribution >= 4 is 11.6 Å². The number of rotatable bonds is 7. The van der Waals surface area contributed by atoms with E-state index < -0.39 is 4.92 Å². The van der Waals surface area contributed by atoms with Crippen LogP contribution < -0.4 is 14.8 Å². The van der Waals surface area contributed by atoms with Gasteiger partial charge < -0.3 is 14.8 Å². The molecule has 0 aromatic heterocycles. The fourth-order valence-electron chi connectivity index (χ4n) is 2.29. The quantitative estimate of drug-likeness (QED) is 0.622. The molecule has 24 heavy (non-hydrogen) atoms. The summed E-state index contributed by atoms with van der Waals surface area (Å²) >= 11 is 0. The van der Waals surface area contributed by atoms with Gasteiger partial charge in [-0.2, -0.15) is 0 Å². The van der Waals surface area contributed by atoms with Gasteiger partial charge in [0.25, 0.3) is 5.69 Å². The zero-order valence-corrected chi connectivity index (χ0v) is 13.4. The molecule has 126 valence electrons. The first kappa shape index (κ1) is 17.3. The largest absolute Gasteiger partial charge is 0.497 e. The van der Waals surface area contributed by atoms with Crippen LogP contribution in [-0.4, -0.2) is 25.1 Å². The maximum atomic E-state index is 12.2. The normalized spacial score (nSPS) is 10.1. The van der Waals surface area contributed by atoms with E-state index in [4.69, 9.17) is 9.47 Å². The second-order valence-electron chi connectivity index (χ2n) is 5.02. The number of methoxy groups -OCH3 is 2. The lowest BCUT2D eigenvalue weighted by molar-refractivity contribution is -0.385. The van der Waals surface area contributed by atoms with E-state index in [0.717, 1.165) is 0 Å². The summed E-state index contributed by atoms with van der Waals surface area (Å²) in [5, 5.41) is 13.7. The molecule has 0 unspecified atom stereocenters. The third-order valence-corrected chi connectivity index (χ3v) is 3.50. The van der Waals surface area contributed by atoms with Gasteiger partial charge in [0, 0.05) is 23.7 Å². The molecule has 0 saturated carbocycles. The summed E-state index contributed by atoms with van der Waals surface area (Å²) in [5.41, 5.74) is 1.11. The standard InChI is InChI=1S/C17H18N2O5/c1-23-14-7-8-16(24-2)13(9-14)10-17(20)18-11-12-5-3-4-6-15(12)19(21)22/h3-9H,10-11H2,1-2H3,(H,18,20). The summed E-state index contributed by atoms with van der Waals surface area (Å²) in [5.74, 6) is 0.939. The number of nitrogens with zero attached hydrogens (tertiary/aromatic N) is 1. The Morgan fingerprint density at radius 2 is 1.88 bits per heavy atom. The number of nitro groups is 1. The van der Waals surface area contributed by atoms with E-state index in [9.17, 15) is 14.9 Å². The van der Waals surface area contributed by atoms with E-state index in [0.29, 0.717) is 22.6 Å². The molecule has 0 aliphatic rings. The van der Waals surface area contributed by atoms with Crippen molar-refractivity contribution < 1.29 is 19.2 Å². The first-order valence-corrected chi connectivity index (χ1v) is 7.25. The Morgan fingerprint density at radius 1 is 1.12 bits per heavy atom. The Hall–Kier alpha value is -3.09. The van der Waals surface area contributed by atoms with Crippen LogP contribution in [-0.2, 0) is 17.8 Å². The topological polar surface area (TPSA) is 90.7 Å². The van der Waals surface area contributed by atoms with Crippen LogP contribution in [0.25, 0.3) is 0 Å². The van der Waals surface area contributed by atoms with Crippen LogP contribution >= 0.6 is 0 Å². The molecule has 1 amide bonds. The third kappa shape index (κ3) is 4.22. The average Bonchev–Trinajstić information content (AvgIpc) is 2.60. The Bertz CT molecular complexity index is 746. The van der Waals surface area contributed by atoms with E-state index in [1.807, 2.05) is 0 Å². The number of carbonyl (C=O) groups is 1. The lowest BCUT2D eigenvalue weighted by Gasteiger charge is -2.11. The Morgan fingerprint density at radius 3 is 2.54 bits per heavy atom. The van der Waals surface area contributed by atoms with Crippen molar-refractivity contribution in [2.24, 2.45) is 0 Å². The lowest BCUT2D eigenvalue weighted by Crippen LogP contribution is -2.25. The number of amides is 1. The van der Waals surface area contributed by atoms with E-state index >= 15 is 0 Å². The van der Waals surface area contributed by atoms with Crippen molar-refractivity contribution in [3.63, 3.8) is 0 Å². The predicted octanol–water partition coefficient (Wildman–Crippen LogP) is 2.47. The molecule has 7 nitrogen and oxygen atoms in total. The molecule has 2 aromatic carbocycles. The molecule has 0 spiro atoms. The summed E-state index contributed by atoms with van der Waals surface area (Å²) in [6.07, 6.45) is 0.0843. The van der Waals surface area contributed by atoms with Gasteiger partial charge in [0.1, 0.15) is 11.5 Å². The van der Waals surface area contributed by atoms with Crippen molar-refractivity contribution in [3.8, 4) is 11.5 Å². The third-order valence-electron chi connectivity index (χ3n) is 3.50. The van der Waals surface area contributed by atoms with E-state index in [1.54, 1.807) is 43.5 Å². The van der Waals surface area contributed by atoms with Crippen LogP contribution in [0.15, 0.2) is 42.5 Å². The molecule has 1 N–H and O–H groups in total. The molecular formula is C17H18N2O5. The van der Waals surface area contributed by atoms with Crippen LogP contribution in [0.4, 0.5) is 5.69 Å². The molecule has 0 aliphatic carbocycles. The number of carbonyl (C=O) groups excluding carboxylic acids is 1. The molecule has 0 aliphatic heterocycles. The second-order valence-corrected chi connectivity index (χ2v) is 5.02. The van der Waals surface area contributed by atoms with Crippen LogP contribution in [0.2, 0.25) is 0 Å². The Balaban J connectivity index is 2.06. The van der Waals surface area contributed by atoms with Crippen molar-refractivity contribution in [3.05, 3.63) is 63.7 Å². The van der Waals surface area contributed by atoms with Crippen molar-refractivity contribution in [1.82, 2.24) is 5.32 Å². The summed E-state index contributed by atoms with van der Waals surface area (Å²) in [6, 6.07) is 11.5. The van der Waals surface area contributed by atoms with Crippen LogP contribution in [0.1, 0.15) is 11.1 Å². The van der Waals surface area contributed by atoms with E-state index in [1.165, 1.54) is 13.2 Å². The molecule has 0 fully saturated rings. The molecule has 0 atom stereocenters. The first-order chi connectivity index (χ1) is 11.5. The van der Waals surface area contributed by atoms with Crippen molar-refractivity contribution in [2.45, 2.75) is 13.0 Å². The number of para-hydroxylation sites is 1. The van der Waals surface area contributed by atoms with Gasteiger partial charge in [-0.25, -0.2) is 0 Å². The maximum absolute atomic E-state index is 12.2. The minimum Gasteiger partial charge on any atom is -0.497 e. The number of benzene rings is 2. The zero-order valence-electron chi connectivity index (χ0n) is 13.4. The Kier molecular flexibility index (Phi) is 5.73. The van der Waals surface area contributed by atoms with Gasteiger partial charge in [-0.05, 0) is 18.2 Å². The summed E-state index contributed by atoms with van der Waals surface area (Å²) in [4.78, 5) is 22.7. The monoisotopic (exact) mass is 330 g/mol. The van der Waals surface area contributed by atoms with Crippen LogP contribution in [0, 0.1) is 10.1 Å². The molecule has 0 bridgehead atoms. The smallest absolute Gasteiger partial charge is 0.274 e.